The molecule has 8 heteroatoms. The predicted molar refractivity (Wildman–Crippen MR) is 134 cm³/mol. The number of carbonyl (C=O) groups excluding carboxylic acids is 1. The highest BCUT2D eigenvalue weighted by Gasteiger charge is 2.30. The molecule has 0 fully saturated rings. The van der Waals surface area contributed by atoms with E-state index in [2.05, 4.69) is 4.98 Å². The van der Waals surface area contributed by atoms with Crippen molar-refractivity contribution in [2.45, 2.75) is 24.8 Å². The van der Waals surface area contributed by atoms with Crippen LogP contribution < -0.4 is 4.90 Å². The van der Waals surface area contributed by atoms with Gasteiger partial charge in [0.25, 0.3) is 5.91 Å². The van der Waals surface area contributed by atoms with Crippen molar-refractivity contribution in [1.82, 2.24) is 9.29 Å². The van der Waals surface area contributed by atoms with Crippen LogP contribution in [-0.4, -0.2) is 30.2 Å². The number of anilines is 2. The number of benzene rings is 3. The molecule has 0 saturated carbocycles. The number of amides is 1. The van der Waals surface area contributed by atoms with Crippen molar-refractivity contribution >= 4 is 38.1 Å². The van der Waals surface area contributed by atoms with Gasteiger partial charge in [0.1, 0.15) is 0 Å². The van der Waals surface area contributed by atoms with Crippen molar-refractivity contribution in [2.75, 3.05) is 11.4 Å². The van der Waals surface area contributed by atoms with Gasteiger partial charge >= 0.3 is 0 Å². The fraction of sp³-hybridized carbons (Fsp3) is 0.154. The highest BCUT2D eigenvalue weighted by Crippen LogP contribution is 2.31. The summed E-state index contributed by atoms with van der Waals surface area (Å²) in [5, 5.41) is 2.42. The second-order valence-corrected chi connectivity index (χ2v) is 10.9. The van der Waals surface area contributed by atoms with Crippen LogP contribution in [0.15, 0.2) is 89.1 Å². The third-order valence-corrected chi connectivity index (χ3v) is 8.61. The molecule has 0 spiro atoms. The molecule has 4 aromatic rings. The number of nitrogens with zero attached hydrogens (tertiary/aromatic N) is 3. The summed E-state index contributed by atoms with van der Waals surface area (Å²) in [7, 11) is -3.76. The molecular weight excluding hydrogens is 466 g/mol. The summed E-state index contributed by atoms with van der Waals surface area (Å²) in [4.78, 5) is 19.8. The number of aryl methyl sites for hydroxylation is 1. The standard InChI is InChI=1S/C26H23N3O3S2/c1-19-18-33-26(27-19)29(23-11-3-2-4-12-23)25(30)21-10-7-13-24(16-21)34(31,32)28-15-14-20-8-5-6-9-22(20)17-28/h2-13,16,18H,14-15,17H2,1H3. The minimum absolute atomic E-state index is 0.112. The van der Waals surface area contributed by atoms with Gasteiger partial charge in [-0.05, 0) is 54.8 Å². The molecule has 2 heterocycles. The van der Waals surface area contributed by atoms with Gasteiger partial charge in [-0.25, -0.2) is 13.4 Å². The smallest absolute Gasteiger partial charge is 0.264 e. The Hall–Kier alpha value is -3.33. The van der Waals surface area contributed by atoms with Gasteiger partial charge in [0.2, 0.25) is 10.0 Å². The number of para-hydroxylation sites is 1. The summed E-state index contributed by atoms with van der Waals surface area (Å²) in [5.41, 5.74) is 3.96. The Morgan fingerprint density at radius 2 is 1.71 bits per heavy atom. The molecule has 1 aliphatic rings. The quantitative estimate of drug-likeness (QED) is 0.387. The van der Waals surface area contributed by atoms with Gasteiger partial charge < -0.3 is 0 Å². The van der Waals surface area contributed by atoms with Crippen LogP contribution in [0.5, 0.6) is 0 Å². The van der Waals surface area contributed by atoms with Crippen molar-refractivity contribution in [3.8, 4) is 0 Å². The molecule has 6 nitrogen and oxygen atoms in total. The van der Waals surface area contributed by atoms with Crippen LogP contribution in [0.4, 0.5) is 10.8 Å². The minimum Gasteiger partial charge on any atom is -0.268 e. The Labute approximate surface area is 203 Å². The molecule has 0 atom stereocenters. The molecule has 0 aliphatic carbocycles. The SMILES string of the molecule is Cc1csc(N(C(=O)c2cccc(S(=O)(=O)N3CCc4ccccc4C3)c2)c2ccccc2)n1. The molecule has 5 rings (SSSR count). The number of hydrogen-bond donors (Lipinski definition) is 0. The van der Waals surface area contributed by atoms with E-state index in [0.29, 0.717) is 30.3 Å². The Morgan fingerprint density at radius 3 is 2.44 bits per heavy atom. The molecule has 0 N–H and O–H groups in total. The second-order valence-electron chi connectivity index (χ2n) is 8.13. The minimum atomic E-state index is -3.76. The highest BCUT2D eigenvalue weighted by atomic mass is 32.2. The largest absolute Gasteiger partial charge is 0.268 e. The van der Waals surface area contributed by atoms with Crippen LogP contribution in [0.3, 0.4) is 0 Å². The van der Waals surface area contributed by atoms with E-state index in [4.69, 9.17) is 0 Å². The van der Waals surface area contributed by atoms with Gasteiger partial charge in [0.15, 0.2) is 5.13 Å². The number of thiazole rings is 1. The van der Waals surface area contributed by atoms with Gasteiger partial charge in [-0.15, -0.1) is 11.3 Å². The first-order valence-corrected chi connectivity index (χ1v) is 13.2. The zero-order valence-corrected chi connectivity index (χ0v) is 20.2. The molecule has 172 valence electrons. The Bertz CT molecular complexity index is 1450. The van der Waals surface area contributed by atoms with E-state index in [9.17, 15) is 13.2 Å². The van der Waals surface area contributed by atoms with E-state index in [1.165, 1.54) is 32.2 Å². The maximum absolute atomic E-state index is 13.7. The lowest BCUT2D eigenvalue weighted by Gasteiger charge is -2.28. The Kier molecular flexibility index (Phi) is 6.03. The van der Waals surface area contributed by atoms with Gasteiger partial charge in [-0.2, -0.15) is 4.31 Å². The average Bonchev–Trinajstić information content (AvgIpc) is 3.30. The molecule has 1 aliphatic heterocycles. The van der Waals surface area contributed by atoms with E-state index >= 15 is 0 Å². The summed E-state index contributed by atoms with van der Waals surface area (Å²) >= 11 is 1.37. The number of carbonyl (C=O) groups is 1. The van der Waals surface area contributed by atoms with Crippen molar-refractivity contribution < 1.29 is 13.2 Å². The summed E-state index contributed by atoms with van der Waals surface area (Å²) in [5.74, 6) is -0.332. The van der Waals surface area contributed by atoms with Crippen molar-refractivity contribution in [1.29, 1.82) is 0 Å². The van der Waals surface area contributed by atoms with Crippen molar-refractivity contribution in [3.05, 3.63) is 107 Å². The first-order chi connectivity index (χ1) is 16.4. The lowest BCUT2D eigenvalue weighted by atomic mass is 10.0. The molecule has 0 saturated heterocycles. The topological polar surface area (TPSA) is 70.6 Å². The summed E-state index contributed by atoms with van der Waals surface area (Å²) in [6, 6.07) is 23.4. The fourth-order valence-corrected chi connectivity index (χ4v) is 6.36. The first kappa shape index (κ1) is 22.5. The molecule has 34 heavy (non-hydrogen) atoms. The molecule has 1 amide bonds. The number of sulfonamides is 1. The molecule has 3 aromatic carbocycles. The van der Waals surface area contributed by atoms with Gasteiger partial charge in [0.05, 0.1) is 16.3 Å². The van der Waals surface area contributed by atoms with Crippen LogP contribution >= 0.6 is 11.3 Å². The van der Waals surface area contributed by atoms with Crippen LogP contribution in [0.25, 0.3) is 0 Å². The second kappa shape index (κ2) is 9.13. The van der Waals surface area contributed by atoms with E-state index in [0.717, 1.165) is 11.3 Å². The predicted octanol–water partition coefficient (Wildman–Crippen LogP) is 5.18. The number of fused-ring (bicyclic) bond motifs is 1. The molecular formula is C26H23N3O3S2. The summed E-state index contributed by atoms with van der Waals surface area (Å²) < 4.78 is 28.4. The van der Waals surface area contributed by atoms with Crippen LogP contribution in [0.2, 0.25) is 0 Å². The van der Waals surface area contributed by atoms with Crippen molar-refractivity contribution in [3.63, 3.8) is 0 Å². The van der Waals surface area contributed by atoms with E-state index < -0.39 is 10.0 Å². The fourth-order valence-electron chi connectivity index (χ4n) is 4.08. The lowest BCUT2D eigenvalue weighted by molar-refractivity contribution is 0.0999. The summed E-state index contributed by atoms with van der Waals surface area (Å²) in [6.45, 7) is 2.61. The van der Waals surface area contributed by atoms with E-state index in [1.807, 2.05) is 66.9 Å². The van der Waals surface area contributed by atoms with Crippen molar-refractivity contribution in [2.24, 2.45) is 0 Å². The average molecular weight is 490 g/mol. The molecule has 0 bridgehead atoms. The highest BCUT2D eigenvalue weighted by molar-refractivity contribution is 7.89. The van der Waals surface area contributed by atoms with E-state index in [-0.39, 0.29) is 16.4 Å². The third kappa shape index (κ3) is 4.27. The van der Waals surface area contributed by atoms with Gasteiger partial charge in [-0.3, -0.25) is 9.69 Å². The molecule has 0 radical (unpaired) electrons. The molecule has 0 unspecified atom stereocenters. The lowest BCUT2D eigenvalue weighted by Crippen LogP contribution is -2.36. The van der Waals surface area contributed by atoms with Crippen LogP contribution in [0, 0.1) is 6.92 Å². The molecule has 1 aromatic heterocycles. The Balaban J connectivity index is 1.49. The summed E-state index contributed by atoms with van der Waals surface area (Å²) in [6.07, 6.45) is 0.666. The van der Waals surface area contributed by atoms with Gasteiger partial charge in [0, 0.05) is 24.0 Å². The maximum Gasteiger partial charge on any atom is 0.264 e. The van der Waals surface area contributed by atoms with E-state index in [1.54, 1.807) is 18.2 Å². The Morgan fingerprint density at radius 1 is 0.971 bits per heavy atom. The number of aromatic nitrogens is 1. The monoisotopic (exact) mass is 489 g/mol. The van der Waals surface area contributed by atoms with Crippen LogP contribution in [-0.2, 0) is 23.0 Å². The first-order valence-electron chi connectivity index (χ1n) is 10.9. The number of hydrogen-bond acceptors (Lipinski definition) is 5. The zero-order valence-electron chi connectivity index (χ0n) is 18.6. The maximum atomic E-state index is 13.7. The van der Waals surface area contributed by atoms with Gasteiger partial charge in [-0.1, -0.05) is 48.5 Å². The van der Waals surface area contributed by atoms with Crippen LogP contribution in [0.1, 0.15) is 27.2 Å². The normalized spacial score (nSPS) is 13.9. The zero-order chi connectivity index (χ0) is 23.7. The third-order valence-electron chi connectivity index (χ3n) is 5.83. The number of rotatable bonds is 5.